The monoisotopic (exact) mass is 241 g/mol. The van der Waals surface area contributed by atoms with Crippen molar-refractivity contribution in [2.45, 2.75) is 77.2 Å². The molecular weight excluding hydrogens is 210 g/mol. The molecule has 0 aromatic rings. The second-order valence-electron chi connectivity index (χ2n) is 5.55. The van der Waals surface area contributed by atoms with Gasteiger partial charge >= 0.3 is 0 Å². The van der Waals surface area contributed by atoms with Crippen LogP contribution >= 0.6 is 0 Å². The zero-order valence-corrected chi connectivity index (χ0v) is 11.6. The molecule has 1 fully saturated rings. The Morgan fingerprint density at radius 2 is 1.76 bits per heavy atom. The highest BCUT2D eigenvalue weighted by Crippen LogP contribution is 2.25. The molecular formula is C15H31NO. The molecule has 0 aromatic heterocycles. The summed E-state index contributed by atoms with van der Waals surface area (Å²) in [5.74, 6) is 0.726. The summed E-state index contributed by atoms with van der Waals surface area (Å²) < 4.78 is 5.70. The maximum absolute atomic E-state index is 6.19. The average Bonchev–Trinajstić information content (AvgIpc) is 2.38. The highest BCUT2D eigenvalue weighted by molar-refractivity contribution is 4.76. The molecule has 1 unspecified atom stereocenters. The average molecular weight is 241 g/mol. The van der Waals surface area contributed by atoms with Crippen molar-refractivity contribution in [3.8, 4) is 0 Å². The van der Waals surface area contributed by atoms with Crippen molar-refractivity contribution in [1.82, 2.24) is 0 Å². The van der Waals surface area contributed by atoms with Crippen LogP contribution in [0.2, 0.25) is 0 Å². The fourth-order valence-corrected chi connectivity index (χ4v) is 2.73. The van der Waals surface area contributed by atoms with Gasteiger partial charge in [0, 0.05) is 12.6 Å². The summed E-state index contributed by atoms with van der Waals surface area (Å²) in [6, 6.07) is 0.283. The molecule has 1 saturated carbocycles. The minimum Gasteiger partial charge on any atom is -0.380 e. The van der Waals surface area contributed by atoms with Crippen LogP contribution in [0.1, 0.15) is 71.1 Å². The van der Waals surface area contributed by atoms with Crippen molar-refractivity contribution in [2.24, 2.45) is 11.7 Å². The Balaban J connectivity index is 1.90. The summed E-state index contributed by atoms with van der Waals surface area (Å²) in [7, 11) is 0. The largest absolute Gasteiger partial charge is 0.380 e. The van der Waals surface area contributed by atoms with E-state index in [-0.39, 0.29) is 6.04 Å². The molecule has 0 saturated heterocycles. The van der Waals surface area contributed by atoms with E-state index >= 15 is 0 Å². The van der Waals surface area contributed by atoms with Gasteiger partial charge in [-0.2, -0.15) is 0 Å². The third-order valence-corrected chi connectivity index (χ3v) is 3.96. The second-order valence-corrected chi connectivity index (χ2v) is 5.55. The predicted molar refractivity (Wildman–Crippen MR) is 74.1 cm³/mol. The maximum Gasteiger partial charge on any atom is 0.0620 e. The molecule has 0 aromatic carbocycles. The first-order chi connectivity index (χ1) is 8.34. The van der Waals surface area contributed by atoms with Crippen molar-refractivity contribution in [2.75, 3.05) is 13.2 Å². The first-order valence-electron chi connectivity index (χ1n) is 7.68. The number of hydrogen-bond donors (Lipinski definition) is 1. The summed E-state index contributed by atoms with van der Waals surface area (Å²) in [4.78, 5) is 0. The fourth-order valence-electron chi connectivity index (χ4n) is 2.73. The van der Waals surface area contributed by atoms with Gasteiger partial charge in [-0.15, -0.1) is 0 Å². The molecule has 2 nitrogen and oxygen atoms in total. The third kappa shape index (κ3) is 7.05. The molecule has 102 valence electrons. The molecule has 0 heterocycles. The summed E-state index contributed by atoms with van der Waals surface area (Å²) >= 11 is 0. The third-order valence-electron chi connectivity index (χ3n) is 3.96. The smallest absolute Gasteiger partial charge is 0.0620 e. The highest BCUT2D eigenvalue weighted by Gasteiger charge is 2.20. The molecule has 1 aliphatic rings. The van der Waals surface area contributed by atoms with Gasteiger partial charge in [-0.1, -0.05) is 51.9 Å². The van der Waals surface area contributed by atoms with E-state index < -0.39 is 0 Å². The highest BCUT2D eigenvalue weighted by atomic mass is 16.5. The van der Waals surface area contributed by atoms with E-state index in [4.69, 9.17) is 10.5 Å². The minimum atomic E-state index is 0.283. The van der Waals surface area contributed by atoms with Crippen LogP contribution in [0.3, 0.4) is 0 Å². The summed E-state index contributed by atoms with van der Waals surface area (Å²) in [5.41, 5.74) is 6.19. The quantitative estimate of drug-likeness (QED) is 0.622. The molecule has 0 spiro atoms. The molecule has 0 amide bonds. The molecule has 1 rings (SSSR count). The molecule has 0 aliphatic heterocycles. The molecule has 2 heteroatoms. The van der Waals surface area contributed by atoms with Gasteiger partial charge in [0.1, 0.15) is 0 Å². The summed E-state index contributed by atoms with van der Waals surface area (Å²) in [6.07, 6.45) is 13.3. The fraction of sp³-hybridized carbons (Fsp3) is 1.00. The van der Waals surface area contributed by atoms with Gasteiger partial charge < -0.3 is 10.5 Å². The number of nitrogens with two attached hydrogens (primary N) is 1. The standard InChI is InChI=1S/C15H31NO/c1-2-3-4-5-9-12-17-13-15(16)14-10-7-6-8-11-14/h14-15H,2-13,16H2,1H3. The van der Waals surface area contributed by atoms with Crippen molar-refractivity contribution >= 4 is 0 Å². The first kappa shape index (κ1) is 15.0. The molecule has 17 heavy (non-hydrogen) atoms. The van der Waals surface area contributed by atoms with Crippen LogP contribution in [-0.4, -0.2) is 19.3 Å². The molecule has 0 radical (unpaired) electrons. The van der Waals surface area contributed by atoms with E-state index in [1.807, 2.05) is 0 Å². The summed E-state index contributed by atoms with van der Waals surface area (Å²) in [6.45, 7) is 3.93. The van der Waals surface area contributed by atoms with Crippen LogP contribution in [0, 0.1) is 5.92 Å². The Kier molecular flexibility index (Phi) is 8.72. The molecule has 0 bridgehead atoms. The predicted octanol–water partition coefficient (Wildman–Crippen LogP) is 3.88. The van der Waals surface area contributed by atoms with Crippen LogP contribution < -0.4 is 5.73 Å². The number of rotatable bonds is 9. The Morgan fingerprint density at radius 1 is 1.06 bits per heavy atom. The van der Waals surface area contributed by atoms with Crippen molar-refractivity contribution in [3.05, 3.63) is 0 Å². The first-order valence-corrected chi connectivity index (χ1v) is 7.68. The number of ether oxygens (including phenoxy) is 1. The van der Waals surface area contributed by atoms with Gasteiger partial charge in [-0.05, 0) is 25.2 Å². The minimum absolute atomic E-state index is 0.283. The zero-order valence-electron chi connectivity index (χ0n) is 11.6. The topological polar surface area (TPSA) is 35.2 Å². The van der Waals surface area contributed by atoms with E-state index in [1.54, 1.807) is 0 Å². The van der Waals surface area contributed by atoms with Crippen LogP contribution in [0.5, 0.6) is 0 Å². The Labute approximate surface area is 107 Å². The number of hydrogen-bond acceptors (Lipinski definition) is 2. The Hall–Kier alpha value is -0.0800. The lowest BCUT2D eigenvalue weighted by molar-refractivity contribution is 0.0946. The van der Waals surface area contributed by atoms with E-state index in [2.05, 4.69) is 6.92 Å². The Morgan fingerprint density at radius 3 is 2.47 bits per heavy atom. The van der Waals surface area contributed by atoms with Crippen LogP contribution in [0.25, 0.3) is 0 Å². The van der Waals surface area contributed by atoms with Crippen molar-refractivity contribution in [1.29, 1.82) is 0 Å². The molecule has 1 aliphatic carbocycles. The molecule has 2 N–H and O–H groups in total. The number of unbranched alkanes of at least 4 members (excludes halogenated alkanes) is 4. The van der Waals surface area contributed by atoms with Crippen LogP contribution in [0.15, 0.2) is 0 Å². The maximum atomic E-state index is 6.19. The van der Waals surface area contributed by atoms with E-state index in [0.717, 1.165) is 19.1 Å². The van der Waals surface area contributed by atoms with Gasteiger partial charge in [0.2, 0.25) is 0 Å². The van der Waals surface area contributed by atoms with Crippen LogP contribution in [0.4, 0.5) is 0 Å². The lowest BCUT2D eigenvalue weighted by atomic mass is 9.84. The SMILES string of the molecule is CCCCCCCOCC(N)C1CCCCC1. The van der Waals surface area contributed by atoms with Gasteiger partial charge in [0.05, 0.1) is 6.61 Å². The normalized spacial score (nSPS) is 19.4. The van der Waals surface area contributed by atoms with Crippen molar-refractivity contribution in [3.63, 3.8) is 0 Å². The second kappa shape index (κ2) is 9.90. The van der Waals surface area contributed by atoms with Crippen molar-refractivity contribution < 1.29 is 4.74 Å². The van der Waals surface area contributed by atoms with Crippen LogP contribution in [-0.2, 0) is 4.74 Å². The van der Waals surface area contributed by atoms with E-state index in [1.165, 1.54) is 64.2 Å². The van der Waals surface area contributed by atoms with Gasteiger partial charge in [0.15, 0.2) is 0 Å². The lowest BCUT2D eigenvalue weighted by Gasteiger charge is -2.27. The Bertz CT molecular complexity index is 166. The summed E-state index contributed by atoms with van der Waals surface area (Å²) in [5, 5.41) is 0. The van der Waals surface area contributed by atoms with Gasteiger partial charge in [0.25, 0.3) is 0 Å². The van der Waals surface area contributed by atoms with Gasteiger partial charge in [-0.25, -0.2) is 0 Å². The molecule has 1 atom stereocenters. The lowest BCUT2D eigenvalue weighted by Crippen LogP contribution is -2.36. The zero-order chi connectivity index (χ0) is 12.3. The van der Waals surface area contributed by atoms with E-state index in [9.17, 15) is 0 Å². The van der Waals surface area contributed by atoms with E-state index in [0.29, 0.717) is 0 Å². The van der Waals surface area contributed by atoms with Gasteiger partial charge in [-0.3, -0.25) is 0 Å².